The molecule has 1 atom stereocenters. The Bertz CT molecular complexity index is 1190. The van der Waals surface area contributed by atoms with Crippen molar-refractivity contribution in [3.63, 3.8) is 0 Å². The normalized spacial score (nSPS) is 18.0. The zero-order chi connectivity index (χ0) is 23.5. The van der Waals surface area contributed by atoms with Crippen LogP contribution < -0.4 is 14.8 Å². The van der Waals surface area contributed by atoms with Crippen molar-refractivity contribution in [1.82, 2.24) is 14.9 Å². The zero-order valence-electron chi connectivity index (χ0n) is 18.8. The van der Waals surface area contributed by atoms with Crippen molar-refractivity contribution < 1.29 is 18.7 Å². The number of benzene rings is 2. The maximum Gasteiger partial charge on any atom is 0.162 e. The van der Waals surface area contributed by atoms with Crippen molar-refractivity contribution in [3.05, 3.63) is 47.0 Å². The highest BCUT2D eigenvalue weighted by Gasteiger charge is 2.21. The molecule has 1 aromatic heterocycles. The van der Waals surface area contributed by atoms with Crippen LogP contribution in [0.3, 0.4) is 0 Å². The molecule has 1 aliphatic rings. The summed E-state index contributed by atoms with van der Waals surface area (Å²) in [5.41, 5.74) is 1.92. The fourth-order valence-corrected chi connectivity index (χ4v) is 4.01. The summed E-state index contributed by atoms with van der Waals surface area (Å²) in [5.74, 6) is 1.25. The average Bonchev–Trinajstić information content (AvgIpc) is 2.80. The number of fused-ring (bicyclic) bond motifs is 2. The summed E-state index contributed by atoms with van der Waals surface area (Å²) in [4.78, 5) is 23.3. The summed E-state index contributed by atoms with van der Waals surface area (Å²) >= 11 is 6.10. The predicted octanol–water partition coefficient (Wildman–Crippen LogP) is 5.13. The molecule has 0 amide bonds. The van der Waals surface area contributed by atoms with E-state index in [-0.39, 0.29) is 16.8 Å². The van der Waals surface area contributed by atoms with Crippen molar-refractivity contribution in [2.75, 3.05) is 26.1 Å². The lowest BCUT2D eigenvalue weighted by Gasteiger charge is -2.25. The third-order valence-electron chi connectivity index (χ3n) is 5.94. The molecule has 0 saturated heterocycles. The maximum absolute atomic E-state index is 14.4. The number of anilines is 2. The number of likely N-dealkylation sites (N-methyl/N-ethyl adjacent to an activating group) is 1. The molecule has 0 radical (unpaired) electrons. The third-order valence-corrected chi connectivity index (χ3v) is 6.23. The first-order valence-corrected chi connectivity index (χ1v) is 11.2. The van der Waals surface area contributed by atoms with Gasteiger partial charge in [-0.2, -0.15) is 0 Å². The summed E-state index contributed by atoms with van der Waals surface area (Å²) in [6.07, 6.45) is 3.33. The van der Waals surface area contributed by atoms with Gasteiger partial charge in [-0.15, -0.1) is 0 Å². The number of methoxy groups -OCH3 is 1. The molecular formula is C24H26ClFN4O3. The number of nitrogens with one attached hydrogen (secondary N) is 1. The number of ether oxygens (including phenoxy) is 2. The molecule has 33 heavy (non-hydrogen) atoms. The minimum Gasteiger partial charge on any atom is -0.493 e. The Kier molecular flexibility index (Phi) is 6.95. The van der Waals surface area contributed by atoms with Crippen molar-refractivity contribution in [2.24, 2.45) is 0 Å². The van der Waals surface area contributed by atoms with Crippen LogP contribution >= 0.6 is 11.6 Å². The Hall–Kier alpha value is -2.97. The molecule has 2 heterocycles. The molecule has 2 bridgehead atoms. The minimum atomic E-state index is -0.521. The molecule has 0 saturated carbocycles. The first-order valence-electron chi connectivity index (χ1n) is 10.8. The molecule has 2 aromatic carbocycles. The second-order valence-corrected chi connectivity index (χ2v) is 8.56. The van der Waals surface area contributed by atoms with Crippen molar-refractivity contribution in [2.45, 2.75) is 38.8 Å². The van der Waals surface area contributed by atoms with Gasteiger partial charge in [0.05, 0.1) is 30.3 Å². The molecule has 0 fully saturated rings. The van der Waals surface area contributed by atoms with Crippen LogP contribution in [0.15, 0.2) is 30.6 Å². The van der Waals surface area contributed by atoms with Gasteiger partial charge in [-0.1, -0.05) is 11.6 Å². The summed E-state index contributed by atoms with van der Waals surface area (Å²) in [7, 11) is 3.42. The molecule has 7 nitrogen and oxygen atoms in total. The van der Waals surface area contributed by atoms with E-state index >= 15 is 0 Å². The Morgan fingerprint density at radius 3 is 2.85 bits per heavy atom. The van der Waals surface area contributed by atoms with Gasteiger partial charge in [0.15, 0.2) is 11.5 Å². The average molecular weight is 473 g/mol. The number of nitrogens with zero attached hydrogens (tertiary/aromatic N) is 3. The van der Waals surface area contributed by atoms with Gasteiger partial charge in [-0.3, -0.25) is 9.69 Å². The topological polar surface area (TPSA) is 76.6 Å². The standard InChI is InChI=1S/C24H26ClFN4O3/c1-14-21(31)6-4-5-7-33-23-9-16-20(11-22(23)32-3)27-13-28-24(16)29-19-10-17(25)18(26)8-15(19)12-30(14)2/h8-11,13-14H,4-7,12H2,1-3H3,(H,27,28,29)/t14-/m0/s1. The van der Waals surface area contributed by atoms with Crippen LogP contribution in [0.1, 0.15) is 31.7 Å². The van der Waals surface area contributed by atoms with Crippen LogP contribution in [-0.2, 0) is 11.3 Å². The van der Waals surface area contributed by atoms with Gasteiger partial charge < -0.3 is 14.8 Å². The van der Waals surface area contributed by atoms with Gasteiger partial charge in [0.1, 0.15) is 23.7 Å². The van der Waals surface area contributed by atoms with E-state index in [1.54, 1.807) is 13.2 Å². The molecule has 1 aliphatic heterocycles. The van der Waals surface area contributed by atoms with Gasteiger partial charge in [0, 0.05) is 30.1 Å². The van der Waals surface area contributed by atoms with Crippen LogP contribution in [0.25, 0.3) is 10.9 Å². The molecule has 4 rings (SSSR count). The van der Waals surface area contributed by atoms with Crippen LogP contribution in [0.5, 0.6) is 11.5 Å². The van der Waals surface area contributed by atoms with Crippen LogP contribution in [0.4, 0.5) is 15.9 Å². The number of rotatable bonds is 1. The van der Waals surface area contributed by atoms with E-state index in [9.17, 15) is 9.18 Å². The maximum atomic E-state index is 14.4. The van der Waals surface area contributed by atoms with Crippen molar-refractivity contribution >= 4 is 39.8 Å². The highest BCUT2D eigenvalue weighted by Crippen LogP contribution is 2.36. The van der Waals surface area contributed by atoms with Gasteiger partial charge in [0.25, 0.3) is 0 Å². The monoisotopic (exact) mass is 472 g/mol. The number of aromatic nitrogens is 2. The van der Waals surface area contributed by atoms with Crippen molar-refractivity contribution in [3.8, 4) is 11.5 Å². The fourth-order valence-electron chi connectivity index (χ4n) is 3.84. The van der Waals surface area contributed by atoms with E-state index in [2.05, 4.69) is 15.3 Å². The summed E-state index contributed by atoms with van der Waals surface area (Å²) in [6, 6.07) is 6.22. The van der Waals surface area contributed by atoms with Gasteiger partial charge in [-0.05, 0) is 50.6 Å². The summed E-state index contributed by atoms with van der Waals surface area (Å²) in [5, 5.41) is 4.00. The predicted molar refractivity (Wildman–Crippen MR) is 126 cm³/mol. The largest absolute Gasteiger partial charge is 0.493 e. The second-order valence-electron chi connectivity index (χ2n) is 8.15. The highest BCUT2D eigenvalue weighted by molar-refractivity contribution is 6.31. The number of ketones is 1. The zero-order valence-corrected chi connectivity index (χ0v) is 19.6. The Balaban J connectivity index is 1.83. The van der Waals surface area contributed by atoms with E-state index in [4.69, 9.17) is 21.1 Å². The molecule has 0 unspecified atom stereocenters. The Morgan fingerprint density at radius 2 is 2.06 bits per heavy atom. The quantitative estimate of drug-likeness (QED) is 0.526. The van der Waals surface area contributed by atoms with Gasteiger partial charge in [0.2, 0.25) is 0 Å². The molecule has 0 aliphatic carbocycles. The van der Waals surface area contributed by atoms with Gasteiger partial charge >= 0.3 is 0 Å². The number of hydrogen-bond donors (Lipinski definition) is 1. The van der Waals surface area contributed by atoms with Crippen LogP contribution in [-0.4, -0.2) is 47.5 Å². The number of halogens is 2. The third kappa shape index (κ3) is 5.02. The lowest BCUT2D eigenvalue weighted by Crippen LogP contribution is -2.35. The summed E-state index contributed by atoms with van der Waals surface area (Å²) in [6.45, 7) is 2.67. The molecule has 174 valence electrons. The van der Waals surface area contributed by atoms with Crippen molar-refractivity contribution in [1.29, 1.82) is 0 Å². The van der Waals surface area contributed by atoms with E-state index in [1.807, 2.05) is 24.9 Å². The number of carbonyl (C=O) groups excluding carboxylic acids is 1. The van der Waals surface area contributed by atoms with E-state index < -0.39 is 5.82 Å². The smallest absolute Gasteiger partial charge is 0.162 e. The first kappa shape index (κ1) is 23.2. The Labute approximate surface area is 196 Å². The molecule has 0 spiro atoms. The van der Waals surface area contributed by atoms with E-state index in [1.165, 1.54) is 18.5 Å². The lowest BCUT2D eigenvalue weighted by atomic mass is 10.1. The number of Topliss-reactive ketones (excluding diaryl/α,β-unsaturated/α-hetero) is 1. The number of carbonyl (C=O) groups is 1. The Morgan fingerprint density at radius 1 is 1.24 bits per heavy atom. The van der Waals surface area contributed by atoms with E-state index in [0.29, 0.717) is 60.1 Å². The molecular weight excluding hydrogens is 447 g/mol. The summed E-state index contributed by atoms with van der Waals surface area (Å²) < 4.78 is 25.8. The SMILES string of the molecule is COc1cc2ncnc3c2cc1OCCCCC(=O)[C@H](C)N(C)Cc1cc(F)c(Cl)cc1N3. The molecule has 3 aromatic rings. The van der Waals surface area contributed by atoms with E-state index in [0.717, 1.165) is 11.8 Å². The fraction of sp³-hybridized carbons (Fsp3) is 0.375. The number of hydrogen-bond acceptors (Lipinski definition) is 7. The highest BCUT2D eigenvalue weighted by atomic mass is 35.5. The van der Waals surface area contributed by atoms with Gasteiger partial charge in [-0.25, -0.2) is 14.4 Å². The van der Waals surface area contributed by atoms with Crippen LogP contribution in [0.2, 0.25) is 5.02 Å². The molecule has 1 N–H and O–H groups in total. The molecule has 9 heteroatoms. The minimum absolute atomic E-state index is 0.00788. The lowest BCUT2D eigenvalue weighted by molar-refractivity contribution is -0.123. The second kappa shape index (κ2) is 9.89. The first-order chi connectivity index (χ1) is 15.9. The van der Waals surface area contributed by atoms with Crippen LogP contribution in [0, 0.1) is 5.82 Å².